The van der Waals surface area contributed by atoms with Gasteiger partial charge < -0.3 is 14.6 Å². The lowest BCUT2D eigenvalue weighted by Crippen LogP contribution is -2.71. The van der Waals surface area contributed by atoms with Gasteiger partial charge in [0.1, 0.15) is 17.8 Å². The SMILES string of the molecule is CC(=O)OC1CC2CCCCC2(C)C2CC(OC(C)=O)C3(C)CCC(=O)C3(O)C12. The molecule has 4 fully saturated rings. The molecule has 0 bridgehead atoms. The Morgan fingerprint density at radius 3 is 2.38 bits per heavy atom. The van der Waals surface area contributed by atoms with Gasteiger partial charge in [-0.15, -0.1) is 0 Å². The summed E-state index contributed by atoms with van der Waals surface area (Å²) in [5.74, 6) is -1.04. The predicted molar refractivity (Wildman–Crippen MR) is 105 cm³/mol. The maximum Gasteiger partial charge on any atom is 0.302 e. The van der Waals surface area contributed by atoms with Gasteiger partial charge in [-0.25, -0.2) is 0 Å². The normalized spacial score (nSPS) is 48.9. The van der Waals surface area contributed by atoms with E-state index < -0.39 is 29.1 Å². The quantitative estimate of drug-likeness (QED) is 0.709. The van der Waals surface area contributed by atoms with E-state index >= 15 is 0 Å². The van der Waals surface area contributed by atoms with Crippen molar-refractivity contribution in [3.63, 3.8) is 0 Å². The molecule has 4 saturated carbocycles. The third kappa shape index (κ3) is 2.81. The first-order valence-electron chi connectivity index (χ1n) is 11.1. The van der Waals surface area contributed by atoms with Crippen molar-refractivity contribution in [2.45, 2.75) is 96.9 Å². The highest BCUT2D eigenvalue weighted by Crippen LogP contribution is 2.67. The van der Waals surface area contributed by atoms with Crippen molar-refractivity contribution in [1.82, 2.24) is 0 Å². The Balaban J connectivity index is 1.85. The Kier molecular flexibility index (Phi) is 4.88. The number of carbonyl (C=O) groups excluding carboxylic acids is 3. The Hall–Kier alpha value is -1.43. The number of fused-ring (bicyclic) bond motifs is 5. The molecule has 0 amide bonds. The molecule has 0 heterocycles. The zero-order chi connectivity index (χ0) is 21.2. The van der Waals surface area contributed by atoms with E-state index in [1.807, 2.05) is 6.92 Å². The third-order valence-corrected chi connectivity index (χ3v) is 9.10. The molecule has 4 rings (SSSR count). The van der Waals surface area contributed by atoms with Crippen LogP contribution < -0.4 is 0 Å². The van der Waals surface area contributed by atoms with Gasteiger partial charge in [0.05, 0.1) is 0 Å². The minimum atomic E-state index is -1.64. The summed E-state index contributed by atoms with van der Waals surface area (Å²) in [6.07, 6.45) is 5.44. The van der Waals surface area contributed by atoms with Gasteiger partial charge >= 0.3 is 11.9 Å². The van der Waals surface area contributed by atoms with E-state index in [2.05, 4.69) is 6.92 Å². The fourth-order valence-electron chi connectivity index (χ4n) is 7.63. The Morgan fingerprint density at radius 1 is 1.03 bits per heavy atom. The van der Waals surface area contributed by atoms with E-state index in [1.54, 1.807) is 0 Å². The van der Waals surface area contributed by atoms with Crippen LogP contribution in [0, 0.1) is 28.6 Å². The van der Waals surface area contributed by atoms with Gasteiger partial charge in [-0.3, -0.25) is 14.4 Å². The molecular formula is C23H34O6. The standard InChI is InChI=1S/C23H34O6/c1-13(24)28-17-11-15-7-5-6-9-21(15,3)16-12-19(29-14(2)25)22(4)10-8-18(26)23(22,27)20(16)17/h15-17,19-20,27H,5-12H2,1-4H3. The lowest BCUT2D eigenvalue weighted by Gasteiger charge is -2.64. The highest BCUT2D eigenvalue weighted by Gasteiger charge is 2.74. The molecule has 8 atom stereocenters. The van der Waals surface area contributed by atoms with Gasteiger partial charge in [0, 0.05) is 31.6 Å². The Labute approximate surface area is 172 Å². The first-order chi connectivity index (χ1) is 13.5. The van der Waals surface area contributed by atoms with Crippen LogP contribution in [0.5, 0.6) is 0 Å². The number of hydrogen-bond acceptors (Lipinski definition) is 6. The van der Waals surface area contributed by atoms with Gasteiger partial charge in [0.2, 0.25) is 0 Å². The van der Waals surface area contributed by atoms with Crippen molar-refractivity contribution < 1.29 is 29.0 Å². The monoisotopic (exact) mass is 406 g/mol. The van der Waals surface area contributed by atoms with Crippen LogP contribution in [0.4, 0.5) is 0 Å². The van der Waals surface area contributed by atoms with Gasteiger partial charge in [-0.1, -0.05) is 26.7 Å². The number of Topliss-reactive ketones (excluding diaryl/α,β-unsaturated/α-hetero) is 1. The molecule has 8 unspecified atom stereocenters. The summed E-state index contributed by atoms with van der Waals surface area (Å²) < 4.78 is 11.5. The van der Waals surface area contributed by atoms with Gasteiger partial charge in [0.25, 0.3) is 0 Å². The minimum absolute atomic E-state index is 0.0321. The fraction of sp³-hybridized carbons (Fsp3) is 0.870. The number of ketones is 1. The number of aliphatic hydroxyl groups is 1. The zero-order valence-corrected chi connectivity index (χ0v) is 18.0. The second kappa shape index (κ2) is 6.79. The summed E-state index contributed by atoms with van der Waals surface area (Å²) >= 11 is 0. The first kappa shape index (κ1) is 20.8. The molecule has 0 radical (unpaired) electrons. The topological polar surface area (TPSA) is 89.9 Å². The van der Waals surface area contributed by atoms with Crippen LogP contribution >= 0.6 is 0 Å². The van der Waals surface area contributed by atoms with Crippen molar-refractivity contribution in [3.05, 3.63) is 0 Å². The van der Waals surface area contributed by atoms with Crippen LogP contribution in [-0.4, -0.2) is 40.6 Å². The zero-order valence-electron chi connectivity index (χ0n) is 18.0. The van der Waals surface area contributed by atoms with Gasteiger partial charge in [-0.05, 0) is 49.4 Å². The highest BCUT2D eigenvalue weighted by molar-refractivity contribution is 5.91. The molecule has 162 valence electrons. The Morgan fingerprint density at radius 2 is 1.72 bits per heavy atom. The van der Waals surface area contributed by atoms with Gasteiger partial charge in [-0.2, -0.15) is 0 Å². The summed E-state index contributed by atoms with van der Waals surface area (Å²) in [5, 5.41) is 12.1. The predicted octanol–water partition coefficient (Wildman–Crippen LogP) is 3.19. The van der Waals surface area contributed by atoms with E-state index in [0.29, 0.717) is 25.2 Å². The molecule has 0 aliphatic heterocycles. The molecule has 0 aromatic heterocycles. The van der Waals surface area contributed by atoms with Crippen LogP contribution in [0.2, 0.25) is 0 Å². The number of hydrogen-bond donors (Lipinski definition) is 1. The summed E-state index contributed by atoms with van der Waals surface area (Å²) in [5.41, 5.74) is -2.55. The lowest BCUT2D eigenvalue weighted by molar-refractivity contribution is -0.260. The summed E-state index contributed by atoms with van der Waals surface area (Å²) in [4.78, 5) is 37.0. The maximum atomic E-state index is 13.2. The fourth-order valence-corrected chi connectivity index (χ4v) is 7.63. The maximum absolute atomic E-state index is 13.2. The molecule has 0 aromatic carbocycles. The van der Waals surface area contributed by atoms with E-state index in [9.17, 15) is 19.5 Å². The van der Waals surface area contributed by atoms with Gasteiger partial charge in [0.15, 0.2) is 5.78 Å². The second-order valence-corrected chi connectivity index (χ2v) is 10.4. The largest absolute Gasteiger partial charge is 0.462 e. The molecular weight excluding hydrogens is 372 g/mol. The summed E-state index contributed by atoms with van der Waals surface area (Å²) in [6.45, 7) is 6.93. The average Bonchev–Trinajstić information content (AvgIpc) is 2.87. The average molecular weight is 407 g/mol. The smallest absolute Gasteiger partial charge is 0.302 e. The summed E-state index contributed by atoms with van der Waals surface area (Å²) in [6, 6.07) is 0. The molecule has 4 aliphatic rings. The lowest BCUT2D eigenvalue weighted by atomic mass is 9.42. The van der Waals surface area contributed by atoms with E-state index in [0.717, 1.165) is 25.7 Å². The van der Waals surface area contributed by atoms with E-state index in [4.69, 9.17) is 9.47 Å². The van der Waals surface area contributed by atoms with Crippen molar-refractivity contribution >= 4 is 17.7 Å². The first-order valence-corrected chi connectivity index (χ1v) is 11.1. The van der Waals surface area contributed by atoms with E-state index in [-0.39, 0.29) is 35.5 Å². The van der Waals surface area contributed by atoms with Crippen LogP contribution in [0.1, 0.15) is 79.1 Å². The summed E-state index contributed by atoms with van der Waals surface area (Å²) in [7, 11) is 0. The van der Waals surface area contributed by atoms with Crippen LogP contribution in [0.3, 0.4) is 0 Å². The number of esters is 2. The van der Waals surface area contributed by atoms with Crippen molar-refractivity contribution in [3.8, 4) is 0 Å². The second-order valence-electron chi connectivity index (χ2n) is 10.4. The molecule has 6 heteroatoms. The highest BCUT2D eigenvalue weighted by atomic mass is 16.6. The van der Waals surface area contributed by atoms with Crippen molar-refractivity contribution in [2.75, 3.05) is 0 Å². The number of carbonyl (C=O) groups is 3. The Bertz CT molecular complexity index is 733. The van der Waals surface area contributed by atoms with Crippen LogP contribution in [0.25, 0.3) is 0 Å². The molecule has 6 nitrogen and oxygen atoms in total. The molecule has 0 spiro atoms. The van der Waals surface area contributed by atoms with Crippen LogP contribution in [0.15, 0.2) is 0 Å². The number of rotatable bonds is 2. The number of ether oxygens (including phenoxy) is 2. The minimum Gasteiger partial charge on any atom is -0.462 e. The van der Waals surface area contributed by atoms with Crippen molar-refractivity contribution in [1.29, 1.82) is 0 Å². The molecule has 29 heavy (non-hydrogen) atoms. The van der Waals surface area contributed by atoms with E-state index in [1.165, 1.54) is 13.8 Å². The third-order valence-electron chi connectivity index (χ3n) is 9.10. The molecule has 1 N–H and O–H groups in total. The molecule has 4 aliphatic carbocycles. The molecule has 0 aromatic rings. The van der Waals surface area contributed by atoms with Crippen molar-refractivity contribution in [2.24, 2.45) is 28.6 Å². The van der Waals surface area contributed by atoms with Crippen LogP contribution in [-0.2, 0) is 23.9 Å². The molecule has 0 saturated heterocycles.